The molecule has 1 aliphatic carbocycles. The molecule has 1 aromatic rings. The topological polar surface area (TPSA) is 74.8 Å². The molecule has 1 heterocycles. The van der Waals surface area contributed by atoms with Gasteiger partial charge in [-0.2, -0.15) is 0 Å². The van der Waals surface area contributed by atoms with Gasteiger partial charge in [0.1, 0.15) is 5.82 Å². The van der Waals surface area contributed by atoms with Gasteiger partial charge in [-0.25, -0.2) is 18.1 Å². The summed E-state index contributed by atoms with van der Waals surface area (Å²) in [7, 11) is -3.46. The maximum Gasteiger partial charge on any atom is 0.257 e. The van der Waals surface area contributed by atoms with Gasteiger partial charge in [0.25, 0.3) is 10.0 Å². The molecule has 0 aliphatic heterocycles. The Hall–Kier alpha value is -0.880. The van der Waals surface area contributed by atoms with E-state index in [2.05, 4.69) is 14.7 Å². The first-order valence-electron chi connectivity index (χ1n) is 6.53. The van der Waals surface area contributed by atoms with E-state index in [-0.39, 0.29) is 11.1 Å². The lowest BCUT2D eigenvalue weighted by Gasteiger charge is -2.27. The zero-order valence-corrected chi connectivity index (χ0v) is 11.8. The van der Waals surface area contributed by atoms with Crippen LogP contribution in [0.4, 0.5) is 0 Å². The van der Waals surface area contributed by atoms with E-state index in [9.17, 15) is 8.42 Å². The van der Waals surface area contributed by atoms with Crippen LogP contribution in [0.5, 0.6) is 0 Å². The van der Waals surface area contributed by atoms with Crippen molar-refractivity contribution in [1.82, 2.24) is 14.7 Å². The quantitative estimate of drug-likeness (QED) is 0.879. The Bertz CT molecular complexity index is 489. The Morgan fingerprint density at radius 2 is 2.06 bits per heavy atom. The Labute approximate surface area is 108 Å². The summed E-state index contributed by atoms with van der Waals surface area (Å²) in [6.07, 6.45) is 7.29. The lowest BCUT2D eigenvalue weighted by Crippen LogP contribution is -2.38. The second-order valence-corrected chi connectivity index (χ2v) is 6.82. The van der Waals surface area contributed by atoms with Gasteiger partial charge in [0.15, 0.2) is 5.03 Å². The van der Waals surface area contributed by atoms with Gasteiger partial charge in [-0.3, -0.25) is 0 Å². The molecule has 0 bridgehead atoms. The van der Waals surface area contributed by atoms with Crippen LogP contribution in [-0.2, 0) is 10.0 Å². The molecule has 2 N–H and O–H groups in total. The normalized spacial score (nSPS) is 19.9. The SMILES string of the molecule is Cc1ncc(S(=O)(=O)NC(C)C2CCCCC2)[nH]1. The second kappa shape index (κ2) is 5.40. The van der Waals surface area contributed by atoms with E-state index in [0.29, 0.717) is 11.7 Å². The number of nitrogens with one attached hydrogen (secondary N) is 2. The minimum Gasteiger partial charge on any atom is -0.332 e. The highest BCUT2D eigenvalue weighted by atomic mass is 32.2. The molecule has 1 saturated carbocycles. The molecule has 1 fully saturated rings. The van der Waals surface area contributed by atoms with E-state index in [1.807, 2.05) is 6.92 Å². The zero-order valence-electron chi connectivity index (χ0n) is 10.9. The number of nitrogens with zero attached hydrogens (tertiary/aromatic N) is 1. The zero-order chi connectivity index (χ0) is 13.2. The van der Waals surface area contributed by atoms with Crippen molar-refractivity contribution in [1.29, 1.82) is 0 Å². The van der Waals surface area contributed by atoms with Crippen LogP contribution in [0.15, 0.2) is 11.2 Å². The number of sulfonamides is 1. The molecule has 1 unspecified atom stereocenters. The highest BCUT2D eigenvalue weighted by Crippen LogP contribution is 2.26. The highest BCUT2D eigenvalue weighted by molar-refractivity contribution is 7.89. The summed E-state index contributed by atoms with van der Waals surface area (Å²) in [6.45, 7) is 3.69. The first kappa shape index (κ1) is 13.5. The fourth-order valence-corrected chi connectivity index (χ4v) is 3.86. The molecule has 6 heteroatoms. The number of H-pyrrole nitrogens is 1. The van der Waals surface area contributed by atoms with Crippen LogP contribution in [0.25, 0.3) is 0 Å². The predicted octanol–water partition coefficient (Wildman–Crippen LogP) is 1.97. The average Bonchev–Trinajstić information content (AvgIpc) is 2.77. The van der Waals surface area contributed by atoms with Crippen molar-refractivity contribution >= 4 is 10.0 Å². The van der Waals surface area contributed by atoms with E-state index in [1.54, 1.807) is 6.92 Å². The predicted molar refractivity (Wildman–Crippen MR) is 69.7 cm³/mol. The van der Waals surface area contributed by atoms with E-state index in [0.717, 1.165) is 12.8 Å². The van der Waals surface area contributed by atoms with Gasteiger partial charge >= 0.3 is 0 Å². The number of aryl methyl sites for hydroxylation is 1. The summed E-state index contributed by atoms with van der Waals surface area (Å²) in [6, 6.07) is -0.0149. The molecule has 102 valence electrons. The molecule has 2 rings (SSSR count). The number of hydrogen-bond acceptors (Lipinski definition) is 3. The summed E-state index contributed by atoms with van der Waals surface area (Å²) >= 11 is 0. The second-order valence-electron chi connectivity index (χ2n) is 5.14. The van der Waals surface area contributed by atoms with Gasteiger partial charge in [-0.15, -0.1) is 0 Å². The molecule has 0 saturated heterocycles. The van der Waals surface area contributed by atoms with Crippen LogP contribution < -0.4 is 4.72 Å². The number of hydrogen-bond donors (Lipinski definition) is 2. The largest absolute Gasteiger partial charge is 0.332 e. The molecular weight excluding hydrogens is 250 g/mol. The summed E-state index contributed by atoms with van der Waals surface area (Å²) < 4.78 is 27.0. The van der Waals surface area contributed by atoms with Crippen molar-refractivity contribution in [3.8, 4) is 0 Å². The van der Waals surface area contributed by atoms with Crippen molar-refractivity contribution in [2.45, 2.75) is 57.0 Å². The Morgan fingerprint density at radius 3 is 2.61 bits per heavy atom. The van der Waals surface area contributed by atoms with Crippen molar-refractivity contribution in [3.05, 3.63) is 12.0 Å². The van der Waals surface area contributed by atoms with Crippen LogP contribution >= 0.6 is 0 Å². The van der Waals surface area contributed by atoms with Gasteiger partial charge < -0.3 is 4.98 Å². The smallest absolute Gasteiger partial charge is 0.257 e. The Balaban J connectivity index is 2.03. The summed E-state index contributed by atoms with van der Waals surface area (Å²) in [5.74, 6) is 1.07. The number of imidazole rings is 1. The average molecular weight is 271 g/mol. The van der Waals surface area contributed by atoms with Crippen LogP contribution in [0.2, 0.25) is 0 Å². The van der Waals surface area contributed by atoms with Crippen LogP contribution in [0.1, 0.15) is 44.9 Å². The molecule has 18 heavy (non-hydrogen) atoms. The molecule has 1 atom stereocenters. The van der Waals surface area contributed by atoms with Crippen molar-refractivity contribution in [2.24, 2.45) is 5.92 Å². The lowest BCUT2D eigenvalue weighted by atomic mass is 9.85. The maximum atomic E-state index is 12.1. The third kappa shape index (κ3) is 3.11. The van der Waals surface area contributed by atoms with E-state index >= 15 is 0 Å². The number of aromatic nitrogens is 2. The third-order valence-corrected chi connectivity index (χ3v) is 5.14. The van der Waals surface area contributed by atoms with E-state index < -0.39 is 10.0 Å². The highest BCUT2D eigenvalue weighted by Gasteiger charge is 2.25. The summed E-state index contributed by atoms with van der Waals surface area (Å²) in [5, 5.41) is 0.155. The summed E-state index contributed by atoms with van der Waals surface area (Å²) in [4.78, 5) is 6.69. The minimum absolute atomic E-state index is 0.0149. The van der Waals surface area contributed by atoms with Gasteiger partial charge in [0.2, 0.25) is 0 Å². The number of aromatic amines is 1. The molecule has 0 aromatic carbocycles. The molecule has 0 spiro atoms. The van der Waals surface area contributed by atoms with Crippen LogP contribution in [0.3, 0.4) is 0 Å². The minimum atomic E-state index is -3.46. The first-order valence-corrected chi connectivity index (χ1v) is 8.01. The lowest BCUT2D eigenvalue weighted by molar-refractivity contribution is 0.303. The van der Waals surface area contributed by atoms with Crippen molar-refractivity contribution in [2.75, 3.05) is 0 Å². The standard InChI is InChI=1S/C12H21N3O2S/c1-9(11-6-4-3-5-7-11)15-18(16,17)12-8-13-10(2)14-12/h8-9,11,15H,3-7H2,1-2H3,(H,13,14). The fourth-order valence-electron chi connectivity index (χ4n) is 2.57. The van der Waals surface area contributed by atoms with Gasteiger partial charge in [-0.05, 0) is 32.6 Å². The van der Waals surface area contributed by atoms with E-state index in [4.69, 9.17) is 0 Å². The number of rotatable bonds is 4. The van der Waals surface area contributed by atoms with E-state index in [1.165, 1.54) is 25.5 Å². The van der Waals surface area contributed by atoms with Gasteiger partial charge in [0.05, 0.1) is 6.20 Å². The third-order valence-electron chi connectivity index (χ3n) is 3.67. The molecule has 1 aromatic heterocycles. The van der Waals surface area contributed by atoms with Gasteiger partial charge in [0, 0.05) is 6.04 Å². The van der Waals surface area contributed by atoms with Gasteiger partial charge in [-0.1, -0.05) is 19.3 Å². The van der Waals surface area contributed by atoms with Crippen LogP contribution in [-0.4, -0.2) is 24.4 Å². The molecule has 5 nitrogen and oxygen atoms in total. The van der Waals surface area contributed by atoms with Crippen molar-refractivity contribution < 1.29 is 8.42 Å². The molecule has 0 amide bonds. The Morgan fingerprint density at radius 1 is 1.39 bits per heavy atom. The Kier molecular flexibility index (Phi) is 4.07. The monoisotopic (exact) mass is 271 g/mol. The maximum absolute atomic E-state index is 12.1. The summed E-state index contributed by atoms with van der Waals surface area (Å²) in [5.41, 5.74) is 0. The fraction of sp³-hybridized carbons (Fsp3) is 0.750. The van der Waals surface area contributed by atoms with Crippen LogP contribution in [0, 0.1) is 12.8 Å². The first-order chi connectivity index (χ1) is 8.49. The molecule has 1 aliphatic rings. The molecular formula is C12H21N3O2S. The van der Waals surface area contributed by atoms with Crippen molar-refractivity contribution in [3.63, 3.8) is 0 Å². The molecule has 0 radical (unpaired) electrons.